The molecule has 1 heterocycles. The first-order chi connectivity index (χ1) is 10.2. The van der Waals surface area contributed by atoms with Gasteiger partial charge in [-0.2, -0.15) is 0 Å². The first-order valence-corrected chi connectivity index (χ1v) is 7.03. The van der Waals surface area contributed by atoms with Crippen molar-refractivity contribution in [2.24, 2.45) is 0 Å². The van der Waals surface area contributed by atoms with Crippen LogP contribution in [0.4, 0.5) is 0 Å². The Morgan fingerprint density at radius 2 is 1.19 bits per heavy atom. The molecule has 3 rings (SSSR count). The van der Waals surface area contributed by atoms with Gasteiger partial charge in [0.2, 0.25) is 0 Å². The zero-order chi connectivity index (χ0) is 14.8. The van der Waals surface area contributed by atoms with Gasteiger partial charge >= 0.3 is 0 Å². The van der Waals surface area contributed by atoms with Crippen LogP contribution in [0.2, 0.25) is 0 Å². The Labute approximate surface area is 124 Å². The Morgan fingerprint density at radius 1 is 0.714 bits per heavy atom. The topological polar surface area (TPSA) is 32.9 Å². The molecular formula is C19H17NO. The van der Waals surface area contributed by atoms with Crippen LogP contribution in [0.3, 0.4) is 0 Å². The number of aromatic amines is 1. The smallest absolute Gasteiger partial charge is 0.256 e. The number of benzene rings is 2. The van der Waals surface area contributed by atoms with Gasteiger partial charge in [0, 0.05) is 11.3 Å². The molecule has 0 atom stereocenters. The third-order valence-corrected chi connectivity index (χ3v) is 3.78. The van der Waals surface area contributed by atoms with Crippen LogP contribution in [0, 0.1) is 13.8 Å². The Morgan fingerprint density at radius 3 is 1.71 bits per heavy atom. The van der Waals surface area contributed by atoms with Gasteiger partial charge in [-0.15, -0.1) is 0 Å². The minimum Gasteiger partial charge on any atom is -0.325 e. The van der Waals surface area contributed by atoms with E-state index in [9.17, 15) is 4.79 Å². The molecule has 0 amide bonds. The summed E-state index contributed by atoms with van der Waals surface area (Å²) in [4.78, 5) is 15.4. The van der Waals surface area contributed by atoms with Crippen molar-refractivity contribution in [1.29, 1.82) is 0 Å². The SMILES string of the molecule is Cc1[nH]c(=O)c(-c2ccccc2)c(C)c1-c1ccccc1. The molecule has 0 saturated carbocycles. The van der Waals surface area contributed by atoms with Crippen molar-refractivity contribution in [2.75, 3.05) is 0 Å². The fourth-order valence-electron chi connectivity index (χ4n) is 2.86. The predicted octanol–water partition coefficient (Wildman–Crippen LogP) is 4.33. The number of hydrogen-bond donors (Lipinski definition) is 1. The summed E-state index contributed by atoms with van der Waals surface area (Å²) in [5, 5.41) is 0. The molecule has 0 aliphatic heterocycles. The van der Waals surface area contributed by atoms with Gasteiger partial charge < -0.3 is 4.98 Å². The highest BCUT2D eigenvalue weighted by Gasteiger charge is 2.14. The van der Waals surface area contributed by atoms with E-state index in [2.05, 4.69) is 17.1 Å². The molecule has 2 heteroatoms. The van der Waals surface area contributed by atoms with E-state index in [1.54, 1.807) is 0 Å². The van der Waals surface area contributed by atoms with Crippen LogP contribution in [0.15, 0.2) is 65.5 Å². The molecule has 104 valence electrons. The molecule has 1 N–H and O–H groups in total. The summed E-state index contributed by atoms with van der Waals surface area (Å²) >= 11 is 0. The molecule has 0 spiro atoms. The Bertz CT molecular complexity index is 817. The molecule has 0 aliphatic carbocycles. The third kappa shape index (κ3) is 2.40. The number of hydrogen-bond acceptors (Lipinski definition) is 1. The molecule has 0 unspecified atom stereocenters. The van der Waals surface area contributed by atoms with E-state index in [4.69, 9.17) is 0 Å². The van der Waals surface area contributed by atoms with Crippen LogP contribution >= 0.6 is 0 Å². The lowest BCUT2D eigenvalue weighted by Crippen LogP contribution is -2.14. The fraction of sp³-hybridized carbons (Fsp3) is 0.105. The second-order valence-electron chi connectivity index (χ2n) is 5.19. The number of rotatable bonds is 2. The highest BCUT2D eigenvalue weighted by atomic mass is 16.1. The number of aryl methyl sites for hydroxylation is 1. The molecule has 3 aromatic rings. The van der Waals surface area contributed by atoms with E-state index in [0.717, 1.165) is 33.5 Å². The first kappa shape index (κ1) is 13.4. The van der Waals surface area contributed by atoms with Crippen LogP contribution in [0.1, 0.15) is 11.3 Å². The largest absolute Gasteiger partial charge is 0.325 e. The maximum absolute atomic E-state index is 12.4. The first-order valence-electron chi connectivity index (χ1n) is 7.03. The van der Waals surface area contributed by atoms with Crippen LogP contribution in [0.5, 0.6) is 0 Å². The van der Waals surface area contributed by atoms with Crippen LogP contribution in [0.25, 0.3) is 22.3 Å². The van der Waals surface area contributed by atoms with E-state index in [1.807, 2.05) is 62.4 Å². The van der Waals surface area contributed by atoms with Gasteiger partial charge in [0.15, 0.2) is 0 Å². The van der Waals surface area contributed by atoms with Crippen molar-refractivity contribution in [3.8, 4) is 22.3 Å². The maximum atomic E-state index is 12.4. The van der Waals surface area contributed by atoms with Crippen LogP contribution in [-0.2, 0) is 0 Å². The summed E-state index contributed by atoms with van der Waals surface area (Å²) in [6.45, 7) is 3.97. The number of aromatic nitrogens is 1. The monoisotopic (exact) mass is 275 g/mol. The molecule has 1 aromatic heterocycles. The van der Waals surface area contributed by atoms with Crippen molar-refractivity contribution >= 4 is 0 Å². The summed E-state index contributed by atoms with van der Waals surface area (Å²) in [5.41, 5.74) is 5.83. The number of nitrogens with one attached hydrogen (secondary N) is 1. The van der Waals surface area contributed by atoms with Gasteiger partial charge in [0.1, 0.15) is 0 Å². The zero-order valence-electron chi connectivity index (χ0n) is 12.2. The summed E-state index contributed by atoms with van der Waals surface area (Å²) in [7, 11) is 0. The standard InChI is InChI=1S/C19H17NO/c1-13-17(15-9-5-3-6-10-15)14(2)20-19(21)18(13)16-11-7-4-8-12-16/h3-12H,1-2H3,(H,20,21). The molecule has 21 heavy (non-hydrogen) atoms. The van der Waals surface area contributed by atoms with Crippen molar-refractivity contribution in [3.63, 3.8) is 0 Å². The summed E-state index contributed by atoms with van der Waals surface area (Å²) in [5.74, 6) is 0. The van der Waals surface area contributed by atoms with E-state index >= 15 is 0 Å². The number of H-pyrrole nitrogens is 1. The van der Waals surface area contributed by atoms with Crippen LogP contribution in [-0.4, -0.2) is 4.98 Å². The molecule has 0 saturated heterocycles. The molecule has 0 bridgehead atoms. The minimum atomic E-state index is -0.0316. The summed E-state index contributed by atoms with van der Waals surface area (Å²) in [6.07, 6.45) is 0. The maximum Gasteiger partial charge on any atom is 0.256 e. The van der Waals surface area contributed by atoms with Crippen molar-refractivity contribution in [2.45, 2.75) is 13.8 Å². The Kier molecular flexibility index (Phi) is 3.44. The molecule has 2 aromatic carbocycles. The fourth-order valence-corrected chi connectivity index (χ4v) is 2.86. The molecule has 0 aliphatic rings. The highest BCUT2D eigenvalue weighted by Crippen LogP contribution is 2.30. The molecule has 0 fully saturated rings. The van der Waals surface area contributed by atoms with Gasteiger partial charge in [-0.3, -0.25) is 4.79 Å². The van der Waals surface area contributed by atoms with Gasteiger partial charge in [-0.25, -0.2) is 0 Å². The quantitative estimate of drug-likeness (QED) is 0.742. The van der Waals surface area contributed by atoms with E-state index < -0.39 is 0 Å². The minimum absolute atomic E-state index is 0.0316. The van der Waals surface area contributed by atoms with E-state index in [1.165, 1.54) is 0 Å². The predicted molar refractivity (Wildman–Crippen MR) is 87.4 cm³/mol. The Hall–Kier alpha value is -2.61. The zero-order valence-corrected chi connectivity index (χ0v) is 12.2. The molecule has 0 radical (unpaired) electrons. The van der Waals surface area contributed by atoms with E-state index in [0.29, 0.717) is 0 Å². The lowest BCUT2D eigenvalue weighted by Gasteiger charge is -2.14. The second kappa shape index (κ2) is 5.41. The van der Waals surface area contributed by atoms with Crippen LogP contribution < -0.4 is 5.56 Å². The average Bonchev–Trinajstić information content (AvgIpc) is 2.49. The lowest BCUT2D eigenvalue weighted by atomic mass is 9.93. The second-order valence-corrected chi connectivity index (χ2v) is 5.19. The van der Waals surface area contributed by atoms with Gasteiger partial charge in [-0.05, 0) is 30.5 Å². The van der Waals surface area contributed by atoms with Gasteiger partial charge in [0.25, 0.3) is 5.56 Å². The Balaban J connectivity index is 2.31. The molecule has 2 nitrogen and oxygen atoms in total. The van der Waals surface area contributed by atoms with E-state index in [-0.39, 0.29) is 5.56 Å². The van der Waals surface area contributed by atoms with Gasteiger partial charge in [0.05, 0.1) is 5.56 Å². The number of pyridine rings is 1. The lowest BCUT2D eigenvalue weighted by molar-refractivity contribution is 1.13. The van der Waals surface area contributed by atoms with Crippen molar-refractivity contribution in [3.05, 3.63) is 82.3 Å². The van der Waals surface area contributed by atoms with Gasteiger partial charge in [-0.1, -0.05) is 60.7 Å². The highest BCUT2D eigenvalue weighted by molar-refractivity contribution is 5.78. The summed E-state index contributed by atoms with van der Waals surface area (Å²) < 4.78 is 0. The van der Waals surface area contributed by atoms with Crippen molar-refractivity contribution < 1.29 is 0 Å². The average molecular weight is 275 g/mol. The summed E-state index contributed by atoms with van der Waals surface area (Å²) in [6, 6.07) is 20.0. The van der Waals surface area contributed by atoms with Crippen molar-refractivity contribution in [1.82, 2.24) is 4.98 Å². The normalized spacial score (nSPS) is 10.6. The molecular weight excluding hydrogens is 258 g/mol. The third-order valence-electron chi connectivity index (χ3n) is 3.78.